The van der Waals surface area contributed by atoms with Gasteiger partial charge in [-0.15, -0.1) is 6.42 Å². The highest BCUT2D eigenvalue weighted by atomic mass is 32.1. The zero-order chi connectivity index (χ0) is 18.1. The van der Waals surface area contributed by atoms with Crippen molar-refractivity contribution in [3.8, 4) is 12.3 Å². The fourth-order valence-corrected chi connectivity index (χ4v) is 3.66. The maximum Gasteiger partial charge on any atom is 0.299 e. The van der Waals surface area contributed by atoms with Gasteiger partial charge in [-0.3, -0.25) is 9.78 Å². The first-order valence-electron chi connectivity index (χ1n) is 7.69. The maximum absolute atomic E-state index is 14.2. The number of thiazole rings is 1. The number of benzene rings is 2. The van der Waals surface area contributed by atoms with Crippen molar-refractivity contribution in [3.63, 3.8) is 0 Å². The third-order valence-electron chi connectivity index (χ3n) is 3.77. The fourth-order valence-electron chi connectivity index (χ4n) is 2.61. The summed E-state index contributed by atoms with van der Waals surface area (Å²) in [5.74, 6) is 1.51. The van der Waals surface area contributed by atoms with Gasteiger partial charge in [-0.2, -0.15) is 4.99 Å². The number of halogens is 1. The van der Waals surface area contributed by atoms with E-state index in [0.717, 1.165) is 0 Å². The van der Waals surface area contributed by atoms with E-state index in [1.807, 2.05) is 18.2 Å². The minimum Gasteiger partial charge on any atom is -0.302 e. The number of hydrogen-bond acceptors (Lipinski definition) is 4. The number of rotatable bonds is 2. The summed E-state index contributed by atoms with van der Waals surface area (Å²) >= 11 is 1.20. The fraction of sp³-hybridized carbons (Fsp3) is 0.0526. The lowest BCUT2D eigenvalue weighted by molar-refractivity contribution is 0.0993. The van der Waals surface area contributed by atoms with Gasteiger partial charge in [-0.05, 0) is 24.3 Å². The van der Waals surface area contributed by atoms with Crippen molar-refractivity contribution in [2.45, 2.75) is 6.54 Å². The van der Waals surface area contributed by atoms with Crippen LogP contribution in [0.15, 0.2) is 53.7 Å². The Morgan fingerprint density at radius 1 is 1.23 bits per heavy atom. The molecule has 1 amide bonds. The van der Waals surface area contributed by atoms with Gasteiger partial charge in [0, 0.05) is 0 Å². The molecule has 0 aliphatic rings. The highest BCUT2D eigenvalue weighted by Gasteiger charge is 2.13. The van der Waals surface area contributed by atoms with E-state index in [2.05, 4.69) is 20.9 Å². The van der Waals surface area contributed by atoms with Gasteiger partial charge in [0.2, 0.25) is 0 Å². The Balaban J connectivity index is 1.86. The molecule has 0 aliphatic carbocycles. The second kappa shape index (κ2) is 6.50. The topological polar surface area (TPSA) is 60.1 Å². The van der Waals surface area contributed by atoms with Gasteiger partial charge in [0.25, 0.3) is 5.91 Å². The van der Waals surface area contributed by atoms with Gasteiger partial charge in [-0.25, -0.2) is 9.37 Å². The van der Waals surface area contributed by atoms with Crippen LogP contribution in [0.3, 0.4) is 0 Å². The molecule has 5 nitrogen and oxygen atoms in total. The molecule has 0 spiro atoms. The second-order valence-corrected chi connectivity index (χ2v) is 6.43. The summed E-state index contributed by atoms with van der Waals surface area (Å²) in [6.45, 7) is 0.108. The van der Waals surface area contributed by atoms with E-state index in [1.54, 1.807) is 18.2 Å². The standard InChI is InChI=1S/C19H11FN4OS/c1-2-10-24-17-12(20)6-5-9-16(17)26-19(24)23-18(25)15-11-21-13-7-3-4-8-14(13)22-15/h1,3-9,11H,10H2. The molecule has 0 radical (unpaired) electrons. The van der Waals surface area contributed by atoms with Crippen LogP contribution in [0.4, 0.5) is 4.39 Å². The van der Waals surface area contributed by atoms with Crippen molar-refractivity contribution in [3.05, 3.63) is 65.0 Å². The van der Waals surface area contributed by atoms with Crippen LogP contribution in [-0.2, 0) is 6.54 Å². The van der Waals surface area contributed by atoms with E-state index in [9.17, 15) is 9.18 Å². The average Bonchev–Trinajstić information content (AvgIpc) is 3.00. The number of fused-ring (bicyclic) bond motifs is 2. The average molecular weight is 362 g/mol. The molecule has 0 unspecified atom stereocenters. The van der Waals surface area contributed by atoms with Crippen LogP contribution in [-0.4, -0.2) is 20.4 Å². The first-order valence-corrected chi connectivity index (χ1v) is 8.51. The molecule has 7 heteroatoms. The van der Waals surface area contributed by atoms with Gasteiger partial charge < -0.3 is 4.57 Å². The lowest BCUT2D eigenvalue weighted by Crippen LogP contribution is -2.17. The van der Waals surface area contributed by atoms with E-state index in [0.29, 0.717) is 26.1 Å². The summed E-state index contributed by atoms with van der Waals surface area (Å²) in [5.41, 5.74) is 1.75. The smallest absolute Gasteiger partial charge is 0.299 e. The molecular formula is C19H11FN4OS. The molecule has 0 atom stereocenters. The summed E-state index contributed by atoms with van der Waals surface area (Å²) in [4.78, 5) is 25.5. The molecule has 26 heavy (non-hydrogen) atoms. The number of carbonyl (C=O) groups is 1. The molecule has 0 saturated heterocycles. The van der Waals surface area contributed by atoms with E-state index < -0.39 is 11.7 Å². The molecule has 2 aromatic heterocycles. The quantitative estimate of drug-likeness (QED) is 0.515. The van der Waals surface area contributed by atoms with Crippen molar-refractivity contribution < 1.29 is 9.18 Å². The zero-order valence-corrected chi connectivity index (χ0v) is 14.2. The van der Waals surface area contributed by atoms with Gasteiger partial charge in [0.1, 0.15) is 11.5 Å². The lowest BCUT2D eigenvalue weighted by atomic mass is 10.3. The van der Waals surface area contributed by atoms with Gasteiger partial charge >= 0.3 is 0 Å². The van der Waals surface area contributed by atoms with Crippen molar-refractivity contribution in [1.29, 1.82) is 0 Å². The SMILES string of the molecule is C#CCn1c(=NC(=O)c2cnc3ccccc3n2)sc2cccc(F)c21. The number of hydrogen-bond donors (Lipinski definition) is 0. The number of amides is 1. The van der Waals surface area contributed by atoms with Gasteiger partial charge in [0.15, 0.2) is 4.80 Å². The molecule has 4 rings (SSSR count). The number of carbonyl (C=O) groups excluding carboxylic acids is 1. The zero-order valence-electron chi connectivity index (χ0n) is 13.4. The summed E-state index contributed by atoms with van der Waals surface area (Å²) in [5, 5.41) is 0. The number of aromatic nitrogens is 3. The maximum atomic E-state index is 14.2. The van der Waals surface area contributed by atoms with Crippen LogP contribution in [0.5, 0.6) is 0 Å². The van der Waals surface area contributed by atoms with E-state index >= 15 is 0 Å². The minimum atomic E-state index is -0.555. The van der Waals surface area contributed by atoms with Crippen LogP contribution in [0.1, 0.15) is 10.5 Å². The molecule has 2 heterocycles. The summed E-state index contributed by atoms with van der Waals surface area (Å²) in [6, 6.07) is 12.0. The van der Waals surface area contributed by atoms with Crippen molar-refractivity contribution in [2.75, 3.05) is 0 Å². The Hall–Kier alpha value is -3.37. The Morgan fingerprint density at radius 3 is 2.85 bits per heavy atom. The van der Waals surface area contributed by atoms with E-state index in [1.165, 1.54) is 28.2 Å². The largest absolute Gasteiger partial charge is 0.302 e. The number of para-hydroxylation sites is 3. The molecular weight excluding hydrogens is 351 g/mol. The predicted molar refractivity (Wildman–Crippen MR) is 98.0 cm³/mol. The Kier molecular flexibility index (Phi) is 4.03. The Labute approximate surface area is 151 Å². The van der Waals surface area contributed by atoms with Crippen LogP contribution in [0, 0.1) is 18.2 Å². The molecule has 0 saturated carbocycles. The van der Waals surface area contributed by atoms with E-state index in [4.69, 9.17) is 6.42 Å². The van der Waals surface area contributed by atoms with E-state index in [-0.39, 0.29) is 12.2 Å². The van der Waals surface area contributed by atoms with Crippen molar-refractivity contribution in [2.24, 2.45) is 4.99 Å². The van der Waals surface area contributed by atoms with Crippen LogP contribution >= 0.6 is 11.3 Å². The molecule has 126 valence electrons. The third-order valence-corrected chi connectivity index (χ3v) is 4.81. The second-order valence-electron chi connectivity index (χ2n) is 5.42. The molecule has 0 fully saturated rings. The third kappa shape index (κ3) is 2.76. The minimum absolute atomic E-state index is 0.108. The predicted octanol–water partition coefficient (Wildman–Crippen LogP) is 3.16. The normalized spacial score (nSPS) is 11.8. The number of nitrogens with zero attached hydrogens (tertiary/aromatic N) is 4. The summed E-state index contributed by atoms with van der Waals surface area (Å²) in [6.07, 6.45) is 6.78. The monoisotopic (exact) mass is 362 g/mol. The first-order chi connectivity index (χ1) is 12.7. The molecule has 0 aliphatic heterocycles. The van der Waals surface area contributed by atoms with Crippen molar-refractivity contribution >= 4 is 38.5 Å². The van der Waals surface area contributed by atoms with Gasteiger partial charge in [-0.1, -0.05) is 35.5 Å². The van der Waals surface area contributed by atoms with Crippen LogP contribution in [0.2, 0.25) is 0 Å². The van der Waals surface area contributed by atoms with Crippen LogP contribution in [0.25, 0.3) is 21.3 Å². The van der Waals surface area contributed by atoms with Crippen LogP contribution < -0.4 is 4.80 Å². The summed E-state index contributed by atoms with van der Waals surface area (Å²) in [7, 11) is 0. The highest BCUT2D eigenvalue weighted by molar-refractivity contribution is 7.16. The first kappa shape index (κ1) is 16.1. The molecule has 0 N–H and O–H groups in total. The molecule has 2 aromatic carbocycles. The lowest BCUT2D eigenvalue weighted by Gasteiger charge is -2.01. The van der Waals surface area contributed by atoms with Gasteiger partial charge in [0.05, 0.1) is 34.0 Å². The number of terminal acetylenes is 1. The summed E-state index contributed by atoms with van der Waals surface area (Å²) < 4.78 is 16.4. The molecule has 4 aromatic rings. The highest BCUT2D eigenvalue weighted by Crippen LogP contribution is 2.20. The molecule has 0 bridgehead atoms. The van der Waals surface area contributed by atoms with Crippen molar-refractivity contribution in [1.82, 2.24) is 14.5 Å². The Bertz CT molecular complexity index is 1270. The Morgan fingerprint density at radius 2 is 2.04 bits per heavy atom.